The van der Waals surface area contributed by atoms with Crippen molar-refractivity contribution < 1.29 is 13.2 Å². The van der Waals surface area contributed by atoms with Crippen LogP contribution in [-0.4, -0.2) is 26.6 Å². The summed E-state index contributed by atoms with van der Waals surface area (Å²) in [7, 11) is -3.71. The Bertz CT molecular complexity index is 1030. The van der Waals surface area contributed by atoms with Gasteiger partial charge in [0.05, 0.1) is 17.1 Å². The van der Waals surface area contributed by atoms with E-state index < -0.39 is 10.0 Å². The van der Waals surface area contributed by atoms with Gasteiger partial charge in [-0.05, 0) is 36.8 Å². The second-order valence-electron chi connectivity index (χ2n) is 5.91. The Morgan fingerprint density at radius 2 is 2.12 bits per heavy atom. The van der Waals surface area contributed by atoms with Gasteiger partial charge in [-0.25, -0.2) is 13.4 Å². The van der Waals surface area contributed by atoms with Crippen LogP contribution in [0.5, 0.6) is 5.75 Å². The first-order valence-electron chi connectivity index (χ1n) is 8.06. The van der Waals surface area contributed by atoms with E-state index in [0.717, 1.165) is 11.4 Å². The van der Waals surface area contributed by atoms with Crippen molar-refractivity contribution in [3.8, 4) is 5.75 Å². The van der Waals surface area contributed by atoms with Crippen molar-refractivity contribution >= 4 is 37.9 Å². The minimum absolute atomic E-state index is 0.151. The maximum Gasteiger partial charge on any atom is 0.263 e. The molecule has 1 aliphatic rings. The van der Waals surface area contributed by atoms with Gasteiger partial charge in [-0.3, -0.25) is 4.72 Å². The molecule has 0 spiro atoms. The topological polar surface area (TPSA) is 71.5 Å². The second kappa shape index (κ2) is 6.62. The number of ether oxygens (including phenoxy) is 1. The molecule has 8 heteroatoms. The Hall–Kier alpha value is -2.58. The molecule has 0 fully saturated rings. The summed E-state index contributed by atoms with van der Waals surface area (Å²) < 4.78 is 33.3. The molecule has 1 aromatic heterocycles. The lowest BCUT2D eigenvalue weighted by Gasteiger charge is -2.31. The number of aromatic nitrogens is 1. The van der Waals surface area contributed by atoms with Crippen LogP contribution in [0.4, 0.5) is 16.5 Å². The molecule has 1 N–H and O–H groups in total. The average molecular weight is 387 g/mol. The van der Waals surface area contributed by atoms with Crippen LogP contribution in [-0.2, 0) is 10.0 Å². The number of nitrogens with zero attached hydrogens (tertiary/aromatic N) is 2. The van der Waals surface area contributed by atoms with Gasteiger partial charge in [-0.2, -0.15) is 0 Å². The third-order valence-electron chi connectivity index (χ3n) is 4.07. The zero-order valence-electron chi connectivity index (χ0n) is 14.0. The highest BCUT2D eigenvalue weighted by Gasteiger charge is 2.23. The first kappa shape index (κ1) is 16.9. The summed E-state index contributed by atoms with van der Waals surface area (Å²) in [4.78, 5) is 6.25. The van der Waals surface area contributed by atoms with Crippen molar-refractivity contribution in [2.45, 2.75) is 11.8 Å². The predicted octanol–water partition coefficient (Wildman–Crippen LogP) is 3.78. The molecule has 0 atom stereocenters. The van der Waals surface area contributed by atoms with Gasteiger partial charge in [-0.1, -0.05) is 12.1 Å². The minimum Gasteiger partial charge on any atom is -0.489 e. The smallest absolute Gasteiger partial charge is 0.263 e. The summed E-state index contributed by atoms with van der Waals surface area (Å²) in [6.45, 7) is 3.25. The number of nitrogens with one attached hydrogen (secondary N) is 1. The predicted molar refractivity (Wildman–Crippen MR) is 103 cm³/mol. The van der Waals surface area contributed by atoms with E-state index in [-0.39, 0.29) is 4.90 Å². The van der Waals surface area contributed by atoms with Crippen LogP contribution in [0.2, 0.25) is 0 Å². The van der Waals surface area contributed by atoms with Gasteiger partial charge in [0.25, 0.3) is 10.0 Å². The van der Waals surface area contributed by atoms with Gasteiger partial charge in [-0.15, -0.1) is 11.3 Å². The molecule has 134 valence electrons. The quantitative estimate of drug-likeness (QED) is 0.738. The highest BCUT2D eigenvalue weighted by Crippen LogP contribution is 2.38. The minimum atomic E-state index is -3.71. The number of rotatable bonds is 4. The zero-order chi connectivity index (χ0) is 18.1. The number of hydrogen-bond donors (Lipinski definition) is 1. The molecule has 4 rings (SSSR count). The molecular weight excluding hydrogens is 370 g/mol. The monoisotopic (exact) mass is 387 g/mol. The lowest BCUT2D eigenvalue weighted by atomic mass is 10.1. The Morgan fingerprint density at radius 3 is 2.88 bits per heavy atom. The average Bonchev–Trinajstić information content (AvgIpc) is 3.13. The van der Waals surface area contributed by atoms with Crippen molar-refractivity contribution in [2.24, 2.45) is 0 Å². The van der Waals surface area contributed by atoms with Crippen LogP contribution in [0, 0.1) is 6.92 Å². The molecule has 6 nitrogen and oxygen atoms in total. The Balaban J connectivity index is 1.68. The van der Waals surface area contributed by atoms with Gasteiger partial charge < -0.3 is 9.64 Å². The SMILES string of the molecule is Cc1cccc(N2CCOc3cc(S(=O)(=O)Nc4nccs4)ccc32)c1. The number of sulfonamides is 1. The fraction of sp³-hybridized carbons (Fsp3) is 0.167. The van der Waals surface area contributed by atoms with Gasteiger partial charge >= 0.3 is 0 Å². The van der Waals surface area contributed by atoms with Gasteiger partial charge in [0, 0.05) is 23.3 Å². The normalized spacial score (nSPS) is 13.8. The van der Waals surface area contributed by atoms with Crippen molar-refractivity contribution in [1.82, 2.24) is 4.98 Å². The number of benzene rings is 2. The van der Waals surface area contributed by atoms with Crippen LogP contribution < -0.4 is 14.4 Å². The maximum absolute atomic E-state index is 12.6. The third-order valence-corrected chi connectivity index (χ3v) is 6.23. The molecule has 1 aliphatic heterocycles. The lowest BCUT2D eigenvalue weighted by molar-refractivity contribution is 0.313. The first-order chi connectivity index (χ1) is 12.5. The molecule has 0 bridgehead atoms. The first-order valence-corrected chi connectivity index (χ1v) is 10.4. The molecule has 26 heavy (non-hydrogen) atoms. The summed E-state index contributed by atoms with van der Waals surface area (Å²) in [6.07, 6.45) is 1.55. The highest BCUT2D eigenvalue weighted by atomic mass is 32.2. The van der Waals surface area contributed by atoms with Gasteiger partial charge in [0.1, 0.15) is 12.4 Å². The molecule has 0 saturated heterocycles. The number of aryl methyl sites for hydroxylation is 1. The largest absolute Gasteiger partial charge is 0.489 e. The van der Waals surface area contributed by atoms with Crippen molar-refractivity contribution in [3.05, 3.63) is 59.6 Å². The van der Waals surface area contributed by atoms with Crippen LogP contribution in [0.1, 0.15) is 5.56 Å². The fourth-order valence-electron chi connectivity index (χ4n) is 2.88. The summed E-state index contributed by atoms with van der Waals surface area (Å²) in [6, 6.07) is 13.1. The summed E-state index contributed by atoms with van der Waals surface area (Å²) in [5, 5.41) is 2.05. The number of hydrogen-bond acceptors (Lipinski definition) is 6. The Labute approximate surface area is 156 Å². The van der Waals surface area contributed by atoms with E-state index in [4.69, 9.17) is 4.74 Å². The fourth-order valence-corrected chi connectivity index (χ4v) is 4.68. The van der Waals surface area contributed by atoms with E-state index >= 15 is 0 Å². The summed E-state index contributed by atoms with van der Waals surface area (Å²) in [5.74, 6) is 0.555. The zero-order valence-corrected chi connectivity index (χ0v) is 15.7. The molecule has 0 radical (unpaired) electrons. The van der Waals surface area contributed by atoms with Crippen LogP contribution >= 0.6 is 11.3 Å². The molecule has 2 heterocycles. The molecule has 0 aliphatic carbocycles. The van der Waals surface area contributed by atoms with E-state index in [9.17, 15) is 8.42 Å². The van der Waals surface area contributed by atoms with Crippen molar-refractivity contribution in [3.63, 3.8) is 0 Å². The molecule has 0 amide bonds. The number of fused-ring (bicyclic) bond motifs is 1. The van der Waals surface area contributed by atoms with Crippen molar-refractivity contribution in [2.75, 3.05) is 22.8 Å². The molecule has 0 saturated carbocycles. The summed E-state index contributed by atoms with van der Waals surface area (Å²) >= 11 is 1.23. The molecule has 2 aromatic carbocycles. The Morgan fingerprint density at radius 1 is 1.23 bits per heavy atom. The standard InChI is InChI=1S/C18H17N3O3S2/c1-13-3-2-4-14(11-13)21-8-9-24-17-12-15(5-6-16(17)21)26(22,23)20-18-19-7-10-25-18/h2-7,10-12H,8-9H2,1H3,(H,19,20). The maximum atomic E-state index is 12.6. The van der Waals surface area contributed by atoms with Crippen LogP contribution in [0.25, 0.3) is 0 Å². The van der Waals surface area contributed by atoms with E-state index in [1.165, 1.54) is 16.9 Å². The van der Waals surface area contributed by atoms with E-state index in [1.807, 2.05) is 25.1 Å². The van der Waals surface area contributed by atoms with Crippen LogP contribution in [0.3, 0.4) is 0 Å². The van der Waals surface area contributed by atoms with E-state index in [0.29, 0.717) is 24.0 Å². The Kier molecular flexibility index (Phi) is 4.29. The highest BCUT2D eigenvalue weighted by molar-refractivity contribution is 7.93. The van der Waals surface area contributed by atoms with Crippen LogP contribution in [0.15, 0.2) is 58.9 Å². The number of anilines is 3. The van der Waals surface area contributed by atoms with Gasteiger partial charge in [0.2, 0.25) is 0 Å². The van der Waals surface area contributed by atoms with E-state index in [1.54, 1.807) is 29.8 Å². The summed E-state index contributed by atoms with van der Waals surface area (Å²) in [5.41, 5.74) is 3.09. The molecular formula is C18H17N3O3S2. The lowest BCUT2D eigenvalue weighted by Crippen LogP contribution is -2.28. The van der Waals surface area contributed by atoms with Crippen molar-refractivity contribution in [1.29, 1.82) is 0 Å². The second-order valence-corrected chi connectivity index (χ2v) is 8.49. The van der Waals surface area contributed by atoms with Gasteiger partial charge in [0.15, 0.2) is 5.13 Å². The third kappa shape index (κ3) is 3.25. The number of thiazole rings is 1. The van der Waals surface area contributed by atoms with E-state index in [2.05, 4.69) is 20.7 Å². The molecule has 0 unspecified atom stereocenters. The molecule has 3 aromatic rings.